The molecule has 0 bridgehead atoms. The molecule has 1 aromatic heterocycles. The largest absolute Gasteiger partial charge is 0.323 e. The molecule has 0 aliphatic rings. The molecule has 0 aliphatic carbocycles. The first-order valence-electron chi connectivity index (χ1n) is 7.05. The molecule has 1 aromatic carbocycles. The first kappa shape index (κ1) is 14.8. The van der Waals surface area contributed by atoms with Gasteiger partial charge in [-0.2, -0.15) is 0 Å². The summed E-state index contributed by atoms with van der Waals surface area (Å²) in [6.07, 6.45) is 0. The molecule has 3 N–H and O–H groups in total. The van der Waals surface area contributed by atoms with Crippen LogP contribution in [0, 0.1) is 0 Å². The van der Waals surface area contributed by atoms with E-state index in [0.717, 1.165) is 22.3 Å². The first-order chi connectivity index (χ1) is 9.13. The number of nitrogens with zero attached hydrogens (tertiary/aromatic N) is 1. The van der Waals surface area contributed by atoms with Gasteiger partial charge in [-0.05, 0) is 29.2 Å². The molecule has 2 rings (SSSR count). The number of nitrogens with two attached hydrogens (primary N) is 1. The zero-order chi connectivity index (χ0) is 15.1. The van der Waals surface area contributed by atoms with E-state index in [9.17, 15) is 0 Å². The van der Waals surface area contributed by atoms with Gasteiger partial charge in [-0.25, -0.2) is 0 Å². The van der Waals surface area contributed by atoms with Gasteiger partial charge in [0.1, 0.15) is 0 Å². The van der Waals surface area contributed by atoms with E-state index in [2.05, 4.69) is 71.2 Å². The number of rotatable bonds is 1. The van der Waals surface area contributed by atoms with E-state index in [1.54, 1.807) is 0 Å². The molecule has 0 radical (unpaired) electrons. The Labute approximate surface area is 121 Å². The van der Waals surface area contributed by atoms with Gasteiger partial charge in [0.15, 0.2) is 0 Å². The van der Waals surface area contributed by atoms with Crippen LogP contribution in [0.5, 0.6) is 0 Å². The molecule has 3 heteroatoms. The van der Waals surface area contributed by atoms with Crippen molar-refractivity contribution in [2.24, 2.45) is 5.84 Å². The van der Waals surface area contributed by atoms with Crippen LogP contribution in [0.15, 0.2) is 24.3 Å². The molecule has 108 valence electrons. The lowest BCUT2D eigenvalue weighted by Crippen LogP contribution is -2.16. The summed E-state index contributed by atoms with van der Waals surface area (Å²) in [7, 11) is 0. The average Bonchev–Trinajstić information content (AvgIpc) is 2.34. The molecule has 0 fully saturated rings. The van der Waals surface area contributed by atoms with Crippen LogP contribution in [0.4, 0.5) is 5.69 Å². The van der Waals surface area contributed by atoms with Crippen molar-refractivity contribution in [2.45, 2.75) is 52.4 Å². The van der Waals surface area contributed by atoms with Crippen molar-refractivity contribution in [3.8, 4) is 0 Å². The maximum atomic E-state index is 5.71. The minimum Gasteiger partial charge on any atom is -0.323 e. The lowest BCUT2D eigenvalue weighted by atomic mass is 9.85. The van der Waals surface area contributed by atoms with E-state index in [1.807, 2.05) is 0 Å². The van der Waals surface area contributed by atoms with E-state index in [-0.39, 0.29) is 10.8 Å². The number of benzene rings is 1. The Morgan fingerprint density at radius 1 is 0.950 bits per heavy atom. The summed E-state index contributed by atoms with van der Waals surface area (Å²) >= 11 is 0. The third kappa shape index (κ3) is 2.78. The second kappa shape index (κ2) is 4.74. The van der Waals surface area contributed by atoms with Crippen LogP contribution in [-0.4, -0.2) is 4.98 Å². The first-order valence-corrected chi connectivity index (χ1v) is 7.05. The van der Waals surface area contributed by atoms with Crippen LogP contribution < -0.4 is 11.3 Å². The Bertz CT molecular complexity index is 631. The van der Waals surface area contributed by atoms with E-state index in [4.69, 9.17) is 10.8 Å². The van der Waals surface area contributed by atoms with Crippen molar-refractivity contribution in [1.29, 1.82) is 0 Å². The number of pyridine rings is 1. The highest BCUT2D eigenvalue weighted by atomic mass is 15.2. The molecule has 0 amide bonds. The zero-order valence-electron chi connectivity index (χ0n) is 13.3. The van der Waals surface area contributed by atoms with E-state index in [1.165, 1.54) is 5.56 Å². The lowest BCUT2D eigenvalue weighted by Gasteiger charge is -2.22. The zero-order valence-corrected chi connectivity index (χ0v) is 13.3. The third-order valence-electron chi connectivity index (χ3n) is 3.60. The Morgan fingerprint density at radius 2 is 1.60 bits per heavy atom. The topological polar surface area (TPSA) is 50.9 Å². The molecule has 0 aliphatic heterocycles. The summed E-state index contributed by atoms with van der Waals surface area (Å²) in [6, 6.07) is 8.48. The van der Waals surface area contributed by atoms with Gasteiger partial charge in [-0.1, -0.05) is 47.6 Å². The number of hydrazine groups is 1. The van der Waals surface area contributed by atoms with Crippen LogP contribution in [-0.2, 0) is 10.8 Å². The van der Waals surface area contributed by atoms with Crippen molar-refractivity contribution < 1.29 is 0 Å². The molecule has 20 heavy (non-hydrogen) atoms. The second-order valence-corrected chi connectivity index (χ2v) is 7.43. The molecular formula is C17H25N3. The summed E-state index contributed by atoms with van der Waals surface area (Å²) in [5, 5.41) is 1.08. The minimum absolute atomic E-state index is 0.00247. The summed E-state index contributed by atoms with van der Waals surface area (Å²) in [5.74, 6) is 5.71. The SMILES string of the molecule is CC(C)(C)c1ccc2nc(C(C)(C)C)cc(NN)c2c1. The molecule has 2 aromatic rings. The normalized spacial score (nSPS) is 12.8. The van der Waals surface area contributed by atoms with Gasteiger partial charge in [-0.3, -0.25) is 10.8 Å². The highest BCUT2D eigenvalue weighted by molar-refractivity contribution is 5.92. The average molecular weight is 271 g/mol. The fourth-order valence-electron chi connectivity index (χ4n) is 2.20. The summed E-state index contributed by atoms with van der Waals surface area (Å²) < 4.78 is 0. The van der Waals surface area contributed by atoms with Gasteiger partial charge in [0.05, 0.1) is 11.2 Å². The molecular weight excluding hydrogens is 246 g/mol. The van der Waals surface area contributed by atoms with E-state index >= 15 is 0 Å². The van der Waals surface area contributed by atoms with Crippen LogP contribution in [0.25, 0.3) is 10.9 Å². The predicted octanol–water partition coefficient (Wildman–Crippen LogP) is 4.12. The number of hydrogen-bond acceptors (Lipinski definition) is 3. The van der Waals surface area contributed by atoms with Crippen molar-refractivity contribution >= 4 is 16.6 Å². The fraction of sp³-hybridized carbons (Fsp3) is 0.471. The lowest BCUT2D eigenvalue weighted by molar-refractivity contribution is 0.571. The maximum Gasteiger partial charge on any atom is 0.0727 e. The fourth-order valence-corrected chi connectivity index (χ4v) is 2.20. The Balaban J connectivity index is 2.71. The van der Waals surface area contributed by atoms with E-state index < -0.39 is 0 Å². The molecule has 0 unspecified atom stereocenters. The van der Waals surface area contributed by atoms with Gasteiger partial charge in [-0.15, -0.1) is 0 Å². The second-order valence-electron chi connectivity index (χ2n) is 7.43. The maximum absolute atomic E-state index is 5.71. The minimum atomic E-state index is 0.00247. The molecule has 1 heterocycles. The number of anilines is 1. The number of nitrogens with one attached hydrogen (secondary N) is 1. The van der Waals surface area contributed by atoms with Gasteiger partial charge in [0.2, 0.25) is 0 Å². The molecule has 3 nitrogen and oxygen atoms in total. The van der Waals surface area contributed by atoms with Crippen molar-refractivity contribution in [2.75, 3.05) is 5.43 Å². The monoisotopic (exact) mass is 271 g/mol. The van der Waals surface area contributed by atoms with Gasteiger partial charge < -0.3 is 5.43 Å². The summed E-state index contributed by atoms with van der Waals surface area (Å²) in [4.78, 5) is 4.78. The quantitative estimate of drug-likeness (QED) is 0.606. The van der Waals surface area contributed by atoms with Gasteiger partial charge >= 0.3 is 0 Å². The molecule has 0 saturated heterocycles. The van der Waals surface area contributed by atoms with Gasteiger partial charge in [0, 0.05) is 16.5 Å². The molecule has 0 spiro atoms. The third-order valence-corrected chi connectivity index (χ3v) is 3.60. The van der Waals surface area contributed by atoms with Crippen molar-refractivity contribution in [1.82, 2.24) is 4.98 Å². The Hall–Kier alpha value is -1.61. The van der Waals surface area contributed by atoms with Crippen molar-refractivity contribution in [3.05, 3.63) is 35.5 Å². The summed E-state index contributed by atoms with van der Waals surface area (Å²) in [6.45, 7) is 13.1. The van der Waals surface area contributed by atoms with Crippen LogP contribution >= 0.6 is 0 Å². The van der Waals surface area contributed by atoms with Crippen molar-refractivity contribution in [3.63, 3.8) is 0 Å². The molecule has 0 atom stereocenters. The number of aromatic nitrogens is 1. The summed E-state index contributed by atoms with van der Waals surface area (Å²) in [5.41, 5.74) is 7.19. The number of fused-ring (bicyclic) bond motifs is 1. The predicted molar refractivity (Wildman–Crippen MR) is 87.0 cm³/mol. The number of nitrogen functional groups attached to an aromatic ring is 1. The molecule has 0 saturated carbocycles. The standard InChI is InChI=1S/C17H25N3/c1-16(2,3)11-7-8-13-12(9-11)14(20-18)10-15(19-13)17(4,5)6/h7-10H,18H2,1-6H3,(H,19,20). The van der Waals surface area contributed by atoms with Crippen LogP contribution in [0.2, 0.25) is 0 Å². The van der Waals surface area contributed by atoms with Crippen LogP contribution in [0.1, 0.15) is 52.8 Å². The highest BCUT2D eigenvalue weighted by Gasteiger charge is 2.19. The number of hydrogen-bond donors (Lipinski definition) is 2. The van der Waals surface area contributed by atoms with Gasteiger partial charge in [0.25, 0.3) is 0 Å². The van der Waals surface area contributed by atoms with E-state index in [0.29, 0.717) is 0 Å². The Kier molecular flexibility index (Phi) is 3.51. The smallest absolute Gasteiger partial charge is 0.0727 e. The highest BCUT2D eigenvalue weighted by Crippen LogP contribution is 2.32. The van der Waals surface area contributed by atoms with Crippen LogP contribution in [0.3, 0.4) is 0 Å². The Morgan fingerprint density at radius 3 is 2.10 bits per heavy atom.